The van der Waals surface area contributed by atoms with Gasteiger partial charge in [0.05, 0.1) is 49.8 Å². The molecule has 0 saturated heterocycles. The molecule has 10 aromatic heterocycles. The van der Waals surface area contributed by atoms with Gasteiger partial charge in [0.1, 0.15) is 22.8 Å². The second-order valence-electron chi connectivity index (χ2n) is 27.2. The lowest BCUT2D eigenvalue weighted by atomic mass is 10.0. The SMILES string of the molecule is c1ccc(-c2cccc(-n3c4ccccc4c4cc(-c5ccc6c(c5)c5ccccc5n6-c5nc(-c6ccccn6)nc(-c6ccccn6)n5)ccc43)c2)cc1.c1ccc(-c2nc(-c3ccccn3)nc(-n3c4ccccc4c4cc(-c5ccc6c(c5)c5ccccc5n6-c5cccc6ccccc56)ccc43)n2)nc1. The zero-order valence-electron chi connectivity index (χ0n) is 58.9. The number of para-hydroxylation sites is 4. The number of fused-ring (bicyclic) bond motifs is 13. The zero-order chi connectivity index (χ0) is 72.6. The molecule has 12 aromatic carbocycles. The summed E-state index contributed by atoms with van der Waals surface area (Å²) in [4.78, 5) is 47.9. The Morgan fingerprint density at radius 2 is 0.491 bits per heavy atom. The fourth-order valence-corrected chi connectivity index (χ4v) is 15.8. The summed E-state index contributed by atoms with van der Waals surface area (Å²) in [6, 6.07) is 119. The van der Waals surface area contributed by atoms with Crippen LogP contribution in [0.5, 0.6) is 0 Å². The second-order valence-corrected chi connectivity index (χ2v) is 27.2. The van der Waals surface area contributed by atoms with Crippen molar-refractivity contribution in [3.05, 3.63) is 365 Å². The normalized spacial score (nSPS) is 11.6. The minimum atomic E-state index is 0.484. The smallest absolute Gasteiger partial charge is 0.238 e. The Morgan fingerprint density at radius 1 is 0.182 bits per heavy atom. The number of nitrogens with zero attached hydrogens (tertiary/aromatic N) is 14. The molecule has 0 aliphatic heterocycles. The number of rotatable bonds is 11. The molecule has 0 aliphatic carbocycles. The summed E-state index contributed by atoms with van der Waals surface area (Å²) in [5, 5.41) is 11.8. The van der Waals surface area contributed by atoms with Crippen molar-refractivity contribution in [3.63, 3.8) is 0 Å². The van der Waals surface area contributed by atoms with E-state index in [4.69, 9.17) is 29.9 Å². The first kappa shape index (κ1) is 63.2. The lowest BCUT2D eigenvalue weighted by Crippen LogP contribution is -2.07. The molecular formula is C96H60N14. The van der Waals surface area contributed by atoms with Crippen LogP contribution in [0.2, 0.25) is 0 Å². The highest BCUT2D eigenvalue weighted by atomic mass is 15.2. The Morgan fingerprint density at radius 3 is 0.909 bits per heavy atom. The molecule has 514 valence electrons. The first-order valence-corrected chi connectivity index (χ1v) is 36.5. The molecule has 10 heterocycles. The van der Waals surface area contributed by atoms with Gasteiger partial charge in [-0.2, -0.15) is 19.9 Å². The van der Waals surface area contributed by atoms with Crippen molar-refractivity contribution >= 4 is 98.0 Å². The van der Waals surface area contributed by atoms with Crippen molar-refractivity contribution in [2.24, 2.45) is 0 Å². The molecule has 0 amide bonds. The monoisotopic (exact) mass is 1410 g/mol. The lowest BCUT2D eigenvalue weighted by Gasteiger charge is -2.12. The van der Waals surface area contributed by atoms with E-state index in [0.717, 1.165) is 71.6 Å². The number of hydrogen-bond donors (Lipinski definition) is 0. The molecule has 22 aromatic rings. The molecule has 0 atom stereocenters. The molecule has 0 unspecified atom stereocenters. The summed E-state index contributed by atoms with van der Waals surface area (Å²) in [5.74, 6) is 2.95. The molecule has 0 saturated carbocycles. The van der Waals surface area contributed by atoms with Gasteiger partial charge in [0, 0.05) is 79.0 Å². The summed E-state index contributed by atoms with van der Waals surface area (Å²) in [6.45, 7) is 0. The van der Waals surface area contributed by atoms with Crippen LogP contribution in [0.15, 0.2) is 365 Å². The van der Waals surface area contributed by atoms with Gasteiger partial charge >= 0.3 is 0 Å². The molecule has 110 heavy (non-hydrogen) atoms. The van der Waals surface area contributed by atoms with Crippen LogP contribution in [-0.2, 0) is 0 Å². The maximum atomic E-state index is 5.01. The average molecular weight is 1410 g/mol. The van der Waals surface area contributed by atoms with Gasteiger partial charge in [0.25, 0.3) is 0 Å². The summed E-state index contributed by atoms with van der Waals surface area (Å²) in [6.07, 6.45) is 7.00. The molecule has 0 radical (unpaired) electrons. The molecule has 0 fully saturated rings. The van der Waals surface area contributed by atoms with E-state index in [0.29, 0.717) is 58.0 Å². The van der Waals surface area contributed by atoms with E-state index in [9.17, 15) is 0 Å². The van der Waals surface area contributed by atoms with Gasteiger partial charge in [-0.15, -0.1) is 0 Å². The van der Waals surface area contributed by atoms with Crippen LogP contribution in [0, 0.1) is 0 Å². The van der Waals surface area contributed by atoms with Gasteiger partial charge in [-0.05, 0) is 178 Å². The van der Waals surface area contributed by atoms with Crippen LogP contribution < -0.4 is 0 Å². The number of hydrogen-bond acceptors (Lipinski definition) is 10. The van der Waals surface area contributed by atoms with Crippen LogP contribution >= 0.6 is 0 Å². The van der Waals surface area contributed by atoms with Gasteiger partial charge in [0.15, 0.2) is 23.3 Å². The molecule has 14 heteroatoms. The Kier molecular flexibility index (Phi) is 15.2. The Balaban J connectivity index is 0.000000140. The van der Waals surface area contributed by atoms with E-state index in [1.165, 1.54) is 71.2 Å². The van der Waals surface area contributed by atoms with Crippen LogP contribution in [0.4, 0.5) is 0 Å². The van der Waals surface area contributed by atoms with E-state index in [2.05, 4.69) is 305 Å². The minimum absolute atomic E-state index is 0.484. The number of aromatic nitrogens is 14. The first-order chi connectivity index (χ1) is 54.5. The molecule has 22 rings (SSSR count). The Bertz CT molecular complexity index is 7220. The van der Waals surface area contributed by atoms with E-state index in [1.807, 2.05) is 72.8 Å². The topological polar surface area (TPSA) is 149 Å². The van der Waals surface area contributed by atoms with E-state index in [-0.39, 0.29) is 0 Å². The predicted molar refractivity (Wildman–Crippen MR) is 444 cm³/mol. The van der Waals surface area contributed by atoms with Crippen molar-refractivity contribution in [3.8, 4) is 103 Å². The second kappa shape index (κ2) is 26.4. The zero-order valence-corrected chi connectivity index (χ0v) is 58.9. The van der Waals surface area contributed by atoms with Crippen molar-refractivity contribution in [2.45, 2.75) is 0 Å². The van der Waals surface area contributed by atoms with E-state index in [1.54, 1.807) is 24.8 Å². The van der Waals surface area contributed by atoms with Crippen molar-refractivity contribution in [2.75, 3.05) is 0 Å². The van der Waals surface area contributed by atoms with E-state index >= 15 is 0 Å². The summed E-state index contributed by atoms with van der Waals surface area (Å²) < 4.78 is 9.02. The van der Waals surface area contributed by atoms with Gasteiger partial charge in [-0.1, -0.05) is 200 Å². The maximum Gasteiger partial charge on any atom is 0.238 e. The minimum Gasteiger partial charge on any atom is -0.309 e. The number of pyridine rings is 4. The third-order valence-corrected chi connectivity index (χ3v) is 20.8. The fourth-order valence-electron chi connectivity index (χ4n) is 15.8. The van der Waals surface area contributed by atoms with Gasteiger partial charge in [0.2, 0.25) is 11.9 Å². The predicted octanol–water partition coefficient (Wildman–Crippen LogP) is 22.5. The molecule has 14 nitrogen and oxygen atoms in total. The molecule has 0 spiro atoms. The third kappa shape index (κ3) is 10.9. The Hall–Kier alpha value is -15.3. The summed E-state index contributed by atoms with van der Waals surface area (Å²) in [7, 11) is 0. The van der Waals surface area contributed by atoms with Gasteiger partial charge < -0.3 is 9.13 Å². The van der Waals surface area contributed by atoms with Crippen LogP contribution in [0.1, 0.15) is 0 Å². The molecule has 0 bridgehead atoms. The van der Waals surface area contributed by atoms with Crippen LogP contribution in [-0.4, -0.2) is 68.1 Å². The molecule has 0 aliphatic rings. The van der Waals surface area contributed by atoms with Crippen LogP contribution in [0.25, 0.3) is 201 Å². The summed E-state index contributed by atoms with van der Waals surface area (Å²) >= 11 is 0. The highest BCUT2D eigenvalue weighted by Crippen LogP contribution is 2.43. The van der Waals surface area contributed by atoms with Gasteiger partial charge in [-0.3, -0.25) is 29.1 Å². The average Bonchev–Trinajstić information content (AvgIpc) is 1.59. The number of benzene rings is 12. The van der Waals surface area contributed by atoms with Crippen molar-refractivity contribution in [1.82, 2.24) is 68.1 Å². The maximum absolute atomic E-state index is 5.01. The quantitative estimate of drug-likeness (QED) is 0.122. The highest BCUT2D eigenvalue weighted by molar-refractivity contribution is 6.15. The van der Waals surface area contributed by atoms with E-state index < -0.39 is 0 Å². The standard InChI is InChI=1S/C49H31N7.C47H29N7/c1-2-13-32(14-3-1)33-15-12-16-36(29-33)55-43-21-6-4-17-37(43)39-30-34(23-25-45(39)55)35-24-26-46-40(31-35)38-18-5-7-22-44(38)56(46)49-53-47(41-19-8-10-27-50-41)52-48(54-49)42-20-9-11-28-51-42;1-2-14-33-30(12-1)13-11-21-40(33)53-41-19-5-3-15-34(41)36-28-31(22-24-43(36)53)32-23-25-44-37(29-32)35-16-4-6-20-42(35)54(44)47-51-45(38-17-7-9-26-48-38)50-46(52-47)39-18-8-10-27-49-39/h1-31H;1-29H. The first-order valence-electron chi connectivity index (χ1n) is 36.5. The van der Waals surface area contributed by atoms with Crippen LogP contribution in [0.3, 0.4) is 0 Å². The molecular weight excluding hydrogens is 1350 g/mol. The van der Waals surface area contributed by atoms with Gasteiger partial charge in [-0.25, -0.2) is 9.97 Å². The summed E-state index contributed by atoms with van der Waals surface area (Å²) in [5.41, 5.74) is 20.6. The van der Waals surface area contributed by atoms with Crippen molar-refractivity contribution in [1.29, 1.82) is 0 Å². The highest BCUT2D eigenvalue weighted by Gasteiger charge is 2.24. The van der Waals surface area contributed by atoms with Crippen molar-refractivity contribution < 1.29 is 0 Å². The largest absolute Gasteiger partial charge is 0.309 e. The Labute approximate surface area is 629 Å². The lowest BCUT2D eigenvalue weighted by molar-refractivity contribution is 0.943. The fraction of sp³-hybridized carbons (Fsp3) is 0. The molecule has 0 N–H and O–H groups in total. The third-order valence-electron chi connectivity index (χ3n) is 20.8.